The molecule has 0 heterocycles. The van der Waals surface area contributed by atoms with E-state index in [2.05, 4.69) is 15.9 Å². The van der Waals surface area contributed by atoms with E-state index >= 15 is 0 Å². The molecule has 4 heteroatoms. The average molecular weight is 287 g/mol. The van der Waals surface area contributed by atoms with Gasteiger partial charge in [0.15, 0.2) is 0 Å². The second kappa shape index (κ2) is 3.84. The molecule has 0 aromatic heterocycles. The molecule has 2 nitrogen and oxygen atoms in total. The summed E-state index contributed by atoms with van der Waals surface area (Å²) in [7, 11) is 0. The number of aryl methyl sites for hydroxylation is 1. The lowest BCUT2D eigenvalue weighted by Crippen LogP contribution is -2.42. The van der Waals surface area contributed by atoms with Gasteiger partial charge in [-0.2, -0.15) is 0 Å². The van der Waals surface area contributed by atoms with Gasteiger partial charge < -0.3 is 5.11 Å². The van der Waals surface area contributed by atoms with E-state index in [0.29, 0.717) is 28.4 Å². The summed E-state index contributed by atoms with van der Waals surface area (Å²) in [6, 6.07) is 3.36. The Morgan fingerprint density at radius 2 is 2.12 bits per heavy atom. The molecule has 1 saturated carbocycles. The Morgan fingerprint density at radius 1 is 1.50 bits per heavy atom. The third-order valence-corrected chi connectivity index (χ3v) is 4.18. The van der Waals surface area contributed by atoms with Crippen LogP contribution in [-0.4, -0.2) is 11.1 Å². The lowest BCUT2D eigenvalue weighted by Gasteiger charge is -2.38. The number of benzene rings is 1. The largest absolute Gasteiger partial charge is 0.481 e. The summed E-state index contributed by atoms with van der Waals surface area (Å²) in [6.07, 6.45) is 2.06. The van der Waals surface area contributed by atoms with Gasteiger partial charge in [-0.1, -0.05) is 18.6 Å². The smallest absolute Gasteiger partial charge is 0.314 e. The first-order valence-electron chi connectivity index (χ1n) is 5.17. The third-order valence-electron chi connectivity index (χ3n) is 3.41. The maximum absolute atomic E-state index is 13.7. The van der Waals surface area contributed by atoms with Gasteiger partial charge in [0.05, 0.1) is 9.89 Å². The van der Waals surface area contributed by atoms with Gasteiger partial charge in [-0.05, 0) is 46.8 Å². The molecule has 1 aliphatic rings. The second-order valence-electron chi connectivity index (χ2n) is 4.30. The van der Waals surface area contributed by atoms with Gasteiger partial charge in [0.1, 0.15) is 5.82 Å². The fourth-order valence-corrected chi connectivity index (χ4v) is 2.97. The zero-order valence-corrected chi connectivity index (χ0v) is 10.5. The molecular weight excluding hydrogens is 275 g/mol. The van der Waals surface area contributed by atoms with Crippen LogP contribution in [0.4, 0.5) is 4.39 Å². The average Bonchev–Trinajstić information content (AvgIpc) is 2.16. The summed E-state index contributed by atoms with van der Waals surface area (Å²) in [4.78, 5) is 11.3. The van der Waals surface area contributed by atoms with Crippen molar-refractivity contribution in [2.75, 3.05) is 0 Å². The first kappa shape index (κ1) is 11.6. The van der Waals surface area contributed by atoms with Crippen LogP contribution < -0.4 is 0 Å². The van der Waals surface area contributed by atoms with Crippen molar-refractivity contribution < 1.29 is 14.3 Å². The molecule has 16 heavy (non-hydrogen) atoms. The number of hydrogen-bond donors (Lipinski definition) is 1. The number of rotatable bonds is 2. The van der Waals surface area contributed by atoms with E-state index in [9.17, 15) is 14.3 Å². The molecule has 0 radical (unpaired) electrons. The van der Waals surface area contributed by atoms with Crippen LogP contribution in [0.1, 0.15) is 30.4 Å². The summed E-state index contributed by atoms with van der Waals surface area (Å²) in [5, 5.41) is 9.28. The molecule has 1 aromatic carbocycles. The minimum Gasteiger partial charge on any atom is -0.481 e. The molecule has 0 unspecified atom stereocenters. The van der Waals surface area contributed by atoms with Crippen molar-refractivity contribution in [3.63, 3.8) is 0 Å². The number of aliphatic carboxylic acids is 1. The third kappa shape index (κ3) is 1.47. The van der Waals surface area contributed by atoms with Gasteiger partial charge >= 0.3 is 5.97 Å². The lowest BCUT2D eigenvalue weighted by atomic mass is 9.64. The fourth-order valence-electron chi connectivity index (χ4n) is 2.14. The monoisotopic (exact) mass is 286 g/mol. The summed E-state index contributed by atoms with van der Waals surface area (Å²) >= 11 is 3.17. The second-order valence-corrected chi connectivity index (χ2v) is 5.09. The quantitative estimate of drug-likeness (QED) is 0.905. The maximum atomic E-state index is 13.7. The molecule has 0 atom stereocenters. The first-order valence-corrected chi connectivity index (χ1v) is 5.97. The van der Waals surface area contributed by atoms with E-state index in [1.807, 2.05) is 0 Å². The number of hydrogen-bond acceptors (Lipinski definition) is 1. The lowest BCUT2D eigenvalue weighted by molar-refractivity contribution is -0.147. The molecule has 1 N–H and O–H groups in total. The predicted octanol–water partition coefficient (Wildman–Crippen LogP) is 3.40. The van der Waals surface area contributed by atoms with Crippen molar-refractivity contribution in [2.24, 2.45) is 0 Å². The van der Waals surface area contributed by atoms with Crippen LogP contribution in [0.25, 0.3) is 0 Å². The molecule has 1 aromatic rings. The van der Waals surface area contributed by atoms with E-state index in [1.54, 1.807) is 19.1 Å². The van der Waals surface area contributed by atoms with E-state index in [-0.39, 0.29) is 5.82 Å². The molecule has 0 amide bonds. The number of carboxylic acids is 1. The molecule has 1 aliphatic carbocycles. The number of halogens is 2. The van der Waals surface area contributed by atoms with Crippen LogP contribution in [0, 0.1) is 12.7 Å². The minimum absolute atomic E-state index is 0.301. The van der Waals surface area contributed by atoms with Crippen LogP contribution in [-0.2, 0) is 10.2 Å². The summed E-state index contributed by atoms with van der Waals surface area (Å²) < 4.78 is 14.0. The van der Waals surface area contributed by atoms with Crippen molar-refractivity contribution in [1.82, 2.24) is 0 Å². The Morgan fingerprint density at radius 3 is 2.56 bits per heavy atom. The van der Waals surface area contributed by atoms with Gasteiger partial charge in [-0.25, -0.2) is 4.39 Å². The van der Waals surface area contributed by atoms with Gasteiger partial charge in [0.2, 0.25) is 0 Å². The number of carboxylic acid groups (broad SMARTS) is 1. The van der Waals surface area contributed by atoms with Crippen molar-refractivity contribution in [3.05, 3.63) is 33.5 Å². The highest BCUT2D eigenvalue weighted by Gasteiger charge is 2.47. The van der Waals surface area contributed by atoms with Crippen LogP contribution in [0.3, 0.4) is 0 Å². The summed E-state index contributed by atoms with van der Waals surface area (Å²) in [5.74, 6) is -1.22. The molecule has 86 valence electrons. The van der Waals surface area contributed by atoms with Gasteiger partial charge in [0.25, 0.3) is 0 Å². The van der Waals surface area contributed by atoms with E-state index in [0.717, 1.165) is 6.42 Å². The van der Waals surface area contributed by atoms with E-state index in [4.69, 9.17) is 0 Å². The van der Waals surface area contributed by atoms with Crippen molar-refractivity contribution >= 4 is 21.9 Å². The van der Waals surface area contributed by atoms with Crippen LogP contribution in [0.15, 0.2) is 16.6 Å². The Hall–Kier alpha value is -0.900. The van der Waals surface area contributed by atoms with Crippen molar-refractivity contribution in [2.45, 2.75) is 31.6 Å². The van der Waals surface area contributed by atoms with E-state index in [1.165, 1.54) is 0 Å². The molecule has 0 bridgehead atoms. The van der Waals surface area contributed by atoms with E-state index < -0.39 is 11.4 Å². The number of carbonyl (C=O) groups is 1. The molecule has 0 saturated heterocycles. The standard InChI is InChI=1S/C12H12BrFO2/c1-7-3-4-8(9(13)10(7)14)12(11(15)16)5-2-6-12/h3-4H,2,5-6H2,1H3,(H,15,16). The molecule has 2 rings (SSSR count). The first-order chi connectivity index (χ1) is 7.49. The summed E-state index contributed by atoms with van der Waals surface area (Å²) in [6.45, 7) is 1.66. The van der Waals surface area contributed by atoms with Gasteiger partial charge in [0, 0.05) is 0 Å². The van der Waals surface area contributed by atoms with Crippen LogP contribution in [0.5, 0.6) is 0 Å². The minimum atomic E-state index is -0.882. The van der Waals surface area contributed by atoms with Gasteiger partial charge in [-0.3, -0.25) is 4.79 Å². The fraction of sp³-hybridized carbons (Fsp3) is 0.417. The Balaban J connectivity index is 2.56. The zero-order valence-electron chi connectivity index (χ0n) is 8.89. The highest BCUT2D eigenvalue weighted by molar-refractivity contribution is 9.10. The van der Waals surface area contributed by atoms with Crippen LogP contribution >= 0.6 is 15.9 Å². The Bertz CT molecular complexity index is 453. The summed E-state index contributed by atoms with van der Waals surface area (Å²) in [5.41, 5.74) is 0.206. The van der Waals surface area contributed by atoms with Crippen molar-refractivity contribution in [3.8, 4) is 0 Å². The predicted molar refractivity (Wildman–Crippen MR) is 62.0 cm³/mol. The zero-order chi connectivity index (χ0) is 11.9. The maximum Gasteiger partial charge on any atom is 0.314 e. The van der Waals surface area contributed by atoms with Crippen LogP contribution in [0.2, 0.25) is 0 Å². The molecule has 1 fully saturated rings. The SMILES string of the molecule is Cc1ccc(C2(C(=O)O)CCC2)c(Br)c1F. The topological polar surface area (TPSA) is 37.3 Å². The molecule has 0 aliphatic heterocycles. The molecule has 0 spiro atoms. The van der Waals surface area contributed by atoms with Crippen molar-refractivity contribution in [1.29, 1.82) is 0 Å². The Labute approximate surface area is 102 Å². The Kier molecular flexibility index (Phi) is 2.78. The normalized spacial score (nSPS) is 17.9. The molecular formula is C12H12BrFO2. The highest BCUT2D eigenvalue weighted by Crippen LogP contribution is 2.47. The van der Waals surface area contributed by atoms with Gasteiger partial charge in [-0.15, -0.1) is 0 Å². The highest BCUT2D eigenvalue weighted by atomic mass is 79.9.